The molecule has 1 rings (SSSR count). The molecular weight excluding hydrogens is 202 g/mol. The van der Waals surface area contributed by atoms with Gasteiger partial charge in [0.2, 0.25) is 0 Å². The largest absolute Gasteiger partial charge is 0.465 e. The number of piperidine rings is 1. The maximum absolute atomic E-state index is 10.7. The van der Waals surface area contributed by atoms with Crippen molar-refractivity contribution in [2.24, 2.45) is 11.8 Å². The molecule has 1 unspecified atom stereocenters. The Bertz CT molecular complexity index is 191. The van der Waals surface area contributed by atoms with Crippen LogP contribution in [0.1, 0.15) is 26.2 Å². The molecule has 3 nitrogen and oxygen atoms in total. The minimum Gasteiger partial charge on any atom is -0.465 e. The third kappa shape index (κ3) is 3.05. The van der Waals surface area contributed by atoms with Crippen molar-refractivity contribution >= 4 is 17.7 Å². The van der Waals surface area contributed by atoms with Gasteiger partial charge in [0.05, 0.1) is 0 Å². The lowest BCUT2D eigenvalue weighted by Crippen LogP contribution is -2.38. The second-order valence-electron chi connectivity index (χ2n) is 4.06. The number of nitrogens with zero attached hydrogens (tertiary/aromatic N) is 1. The first kappa shape index (κ1) is 11.6. The fourth-order valence-corrected chi connectivity index (χ4v) is 2.41. The summed E-state index contributed by atoms with van der Waals surface area (Å²) in [7, 11) is 0. The Morgan fingerprint density at radius 1 is 1.57 bits per heavy atom. The van der Waals surface area contributed by atoms with Crippen molar-refractivity contribution in [3.8, 4) is 0 Å². The molecule has 1 amide bonds. The van der Waals surface area contributed by atoms with E-state index < -0.39 is 6.09 Å². The molecule has 0 saturated carbocycles. The number of amides is 1. The summed E-state index contributed by atoms with van der Waals surface area (Å²) in [6, 6.07) is 0. The van der Waals surface area contributed by atoms with E-state index >= 15 is 0 Å². The highest BCUT2D eigenvalue weighted by Gasteiger charge is 2.25. The summed E-state index contributed by atoms with van der Waals surface area (Å²) < 4.78 is 0. The first-order valence-corrected chi connectivity index (χ1v) is 5.72. The van der Waals surface area contributed by atoms with Crippen molar-refractivity contribution in [3.05, 3.63) is 0 Å². The molecule has 0 aromatic rings. The standard InChI is InChI=1S/C10H18ClNO2/c1-8(2-5-11)9-3-6-12(7-4-9)10(13)14/h8-9H,2-7H2,1H3,(H,13,14). The van der Waals surface area contributed by atoms with E-state index in [1.165, 1.54) is 4.90 Å². The molecule has 1 fully saturated rings. The maximum atomic E-state index is 10.7. The number of halogens is 1. The lowest BCUT2D eigenvalue weighted by Gasteiger charge is -2.33. The van der Waals surface area contributed by atoms with Crippen LogP contribution in [0, 0.1) is 11.8 Å². The highest BCUT2D eigenvalue weighted by Crippen LogP contribution is 2.27. The molecule has 1 aliphatic heterocycles. The molecular formula is C10H18ClNO2. The zero-order chi connectivity index (χ0) is 10.6. The van der Waals surface area contributed by atoms with E-state index in [4.69, 9.17) is 16.7 Å². The number of likely N-dealkylation sites (tertiary alicyclic amines) is 1. The lowest BCUT2D eigenvalue weighted by molar-refractivity contribution is 0.114. The Balaban J connectivity index is 2.31. The van der Waals surface area contributed by atoms with Crippen molar-refractivity contribution in [2.75, 3.05) is 19.0 Å². The monoisotopic (exact) mass is 219 g/mol. The van der Waals surface area contributed by atoms with Crippen LogP contribution in [0.2, 0.25) is 0 Å². The highest BCUT2D eigenvalue weighted by molar-refractivity contribution is 6.17. The van der Waals surface area contributed by atoms with Gasteiger partial charge in [0.25, 0.3) is 0 Å². The van der Waals surface area contributed by atoms with Crippen LogP contribution >= 0.6 is 11.6 Å². The van der Waals surface area contributed by atoms with E-state index in [1.807, 2.05) is 0 Å². The number of alkyl halides is 1. The van der Waals surface area contributed by atoms with Gasteiger partial charge in [0.15, 0.2) is 0 Å². The predicted molar refractivity (Wildman–Crippen MR) is 56.8 cm³/mol. The Morgan fingerprint density at radius 3 is 2.57 bits per heavy atom. The summed E-state index contributed by atoms with van der Waals surface area (Å²) in [5, 5.41) is 8.77. The molecule has 0 bridgehead atoms. The third-order valence-corrected chi connectivity index (χ3v) is 3.40. The first-order valence-electron chi connectivity index (χ1n) is 5.19. The van der Waals surface area contributed by atoms with E-state index in [2.05, 4.69) is 6.92 Å². The van der Waals surface area contributed by atoms with Gasteiger partial charge in [-0.05, 0) is 31.1 Å². The predicted octanol–water partition coefficient (Wildman–Crippen LogP) is 2.64. The fourth-order valence-electron chi connectivity index (χ4n) is 2.07. The number of carboxylic acid groups (broad SMARTS) is 1. The summed E-state index contributed by atoms with van der Waals surface area (Å²) >= 11 is 5.69. The molecule has 1 atom stereocenters. The van der Waals surface area contributed by atoms with Gasteiger partial charge >= 0.3 is 6.09 Å². The summed E-state index contributed by atoms with van der Waals surface area (Å²) in [6.07, 6.45) is 2.24. The lowest BCUT2D eigenvalue weighted by atomic mass is 9.84. The van der Waals surface area contributed by atoms with Gasteiger partial charge in [-0.15, -0.1) is 11.6 Å². The fraction of sp³-hybridized carbons (Fsp3) is 0.900. The Kier molecular flexibility index (Phi) is 4.52. The average Bonchev–Trinajstić information content (AvgIpc) is 2.18. The quantitative estimate of drug-likeness (QED) is 0.742. The van der Waals surface area contributed by atoms with E-state index in [0.717, 1.165) is 19.3 Å². The summed E-state index contributed by atoms with van der Waals surface area (Å²) in [5.41, 5.74) is 0. The minimum absolute atomic E-state index is 0.628. The Morgan fingerprint density at radius 2 is 2.14 bits per heavy atom. The molecule has 0 aromatic heterocycles. The number of carbonyl (C=O) groups is 1. The van der Waals surface area contributed by atoms with Crippen molar-refractivity contribution in [3.63, 3.8) is 0 Å². The Hall–Kier alpha value is -0.440. The smallest absolute Gasteiger partial charge is 0.407 e. The summed E-state index contributed by atoms with van der Waals surface area (Å²) in [5.74, 6) is 1.99. The average molecular weight is 220 g/mol. The molecule has 0 radical (unpaired) electrons. The second kappa shape index (κ2) is 5.44. The molecule has 1 saturated heterocycles. The molecule has 0 aromatic carbocycles. The molecule has 0 aliphatic carbocycles. The van der Waals surface area contributed by atoms with Gasteiger partial charge in [-0.1, -0.05) is 6.92 Å². The molecule has 1 heterocycles. The molecule has 82 valence electrons. The van der Waals surface area contributed by atoms with Crippen molar-refractivity contribution < 1.29 is 9.90 Å². The first-order chi connectivity index (χ1) is 6.65. The summed E-state index contributed by atoms with van der Waals surface area (Å²) in [4.78, 5) is 12.2. The topological polar surface area (TPSA) is 40.5 Å². The van der Waals surface area contributed by atoms with Crippen LogP contribution in [0.4, 0.5) is 4.79 Å². The van der Waals surface area contributed by atoms with Crippen LogP contribution in [0.15, 0.2) is 0 Å². The van der Waals surface area contributed by atoms with Gasteiger partial charge in [-0.2, -0.15) is 0 Å². The Labute approximate surface area is 90.0 Å². The summed E-state index contributed by atoms with van der Waals surface area (Å²) in [6.45, 7) is 3.59. The van der Waals surface area contributed by atoms with Crippen LogP contribution in [0.3, 0.4) is 0 Å². The van der Waals surface area contributed by atoms with Crippen molar-refractivity contribution in [2.45, 2.75) is 26.2 Å². The van der Waals surface area contributed by atoms with Crippen LogP contribution in [0.5, 0.6) is 0 Å². The minimum atomic E-state index is -0.784. The van der Waals surface area contributed by atoms with Crippen molar-refractivity contribution in [1.29, 1.82) is 0 Å². The van der Waals surface area contributed by atoms with Gasteiger partial charge in [0, 0.05) is 19.0 Å². The maximum Gasteiger partial charge on any atom is 0.407 e. The van der Waals surface area contributed by atoms with Crippen molar-refractivity contribution in [1.82, 2.24) is 4.90 Å². The zero-order valence-electron chi connectivity index (χ0n) is 8.58. The normalized spacial score (nSPS) is 20.9. The van der Waals surface area contributed by atoms with Crippen LogP contribution in [0.25, 0.3) is 0 Å². The SMILES string of the molecule is CC(CCCl)C1CCN(C(=O)O)CC1. The second-order valence-corrected chi connectivity index (χ2v) is 4.44. The van der Waals surface area contributed by atoms with E-state index in [0.29, 0.717) is 30.8 Å². The molecule has 1 aliphatic rings. The zero-order valence-corrected chi connectivity index (χ0v) is 9.33. The molecule has 0 spiro atoms. The number of hydrogen-bond acceptors (Lipinski definition) is 1. The third-order valence-electron chi connectivity index (χ3n) is 3.18. The van der Waals surface area contributed by atoms with Gasteiger partial charge in [0.1, 0.15) is 0 Å². The van der Waals surface area contributed by atoms with Gasteiger partial charge in [-0.25, -0.2) is 4.79 Å². The van der Waals surface area contributed by atoms with E-state index in [-0.39, 0.29) is 0 Å². The van der Waals surface area contributed by atoms with E-state index in [9.17, 15) is 4.79 Å². The number of hydrogen-bond donors (Lipinski definition) is 1. The molecule has 1 N–H and O–H groups in total. The number of rotatable bonds is 3. The van der Waals surface area contributed by atoms with Crippen LogP contribution < -0.4 is 0 Å². The van der Waals surface area contributed by atoms with Crippen LogP contribution in [-0.2, 0) is 0 Å². The van der Waals surface area contributed by atoms with Gasteiger partial charge in [-0.3, -0.25) is 0 Å². The highest BCUT2D eigenvalue weighted by atomic mass is 35.5. The van der Waals surface area contributed by atoms with E-state index in [1.54, 1.807) is 0 Å². The van der Waals surface area contributed by atoms with Gasteiger partial charge < -0.3 is 10.0 Å². The molecule has 4 heteroatoms. The van der Waals surface area contributed by atoms with Crippen LogP contribution in [-0.4, -0.2) is 35.1 Å². The molecule has 14 heavy (non-hydrogen) atoms.